The van der Waals surface area contributed by atoms with E-state index in [1.807, 2.05) is 0 Å². The van der Waals surface area contributed by atoms with Gasteiger partial charge in [-0.1, -0.05) is 37.5 Å². The first kappa shape index (κ1) is 19.4. The number of nitro benzene ring substituents is 2. The number of aromatic nitrogens is 2. The minimum absolute atomic E-state index is 0.230. The highest BCUT2D eigenvalue weighted by atomic mass is 32.1. The summed E-state index contributed by atoms with van der Waals surface area (Å²) >= 11 is 1.20. The molecule has 0 bridgehead atoms. The van der Waals surface area contributed by atoms with Crippen LogP contribution in [0.1, 0.15) is 48.0 Å². The fourth-order valence-corrected chi connectivity index (χ4v) is 3.03. The van der Waals surface area contributed by atoms with Crippen LogP contribution in [0.2, 0.25) is 0 Å². The van der Waals surface area contributed by atoms with Crippen LogP contribution in [0, 0.1) is 20.2 Å². The Morgan fingerprint density at radius 1 is 1.15 bits per heavy atom. The molecule has 1 heterocycles. The largest absolute Gasteiger partial charge is 0.296 e. The SMILES string of the molecule is CCCCCCc1nnc(NC(=O)c2ccc([N+](=O)[O-])cc2[N+](=O)[O-])s1. The Morgan fingerprint density at radius 3 is 2.58 bits per heavy atom. The van der Waals surface area contributed by atoms with Gasteiger partial charge in [-0.2, -0.15) is 0 Å². The van der Waals surface area contributed by atoms with Crippen LogP contribution in [0.3, 0.4) is 0 Å². The molecule has 0 aliphatic rings. The number of hydrogen-bond acceptors (Lipinski definition) is 8. The summed E-state index contributed by atoms with van der Waals surface area (Å²) in [5.74, 6) is -0.764. The molecule has 1 N–H and O–H groups in total. The molecule has 0 atom stereocenters. The van der Waals surface area contributed by atoms with Crippen molar-refractivity contribution in [3.05, 3.63) is 49.0 Å². The zero-order chi connectivity index (χ0) is 19.1. The Hall–Kier alpha value is -2.95. The summed E-state index contributed by atoms with van der Waals surface area (Å²) in [5.41, 5.74) is -1.38. The van der Waals surface area contributed by atoms with E-state index >= 15 is 0 Å². The lowest BCUT2D eigenvalue weighted by molar-refractivity contribution is -0.394. The lowest BCUT2D eigenvalue weighted by Crippen LogP contribution is -2.14. The zero-order valence-corrected chi connectivity index (χ0v) is 14.8. The first-order chi connectivity index (χ1) is 12.4. The Bertz CT molecular complexity index is 823. The fourth-order valence-electron chi connectivity index (χ4n) is 2.25. The Kier molecular flexibility index (Phi) is 6.67. The summed E-state index contributed by atoms with van der Waals surface area (Å²) in [4.78, 5) is 32.5. The first-order valence-electron chi connectivity index (χ1n) is 7.99. The van der Waals surface area contributed by atoms with Gasteiger partial charge in [-0.25, -0.2) is 0 Å². The number of amides is 1. The first-order valence-corrected chi connectivity index (χ1v) is 8.80. The third-order valence-electron chi connectivity index (χ3n) is 3.56. The number of nitrogens with one attached hydrogen (secondary N) is 1. The van der Waals surface area contributed by atoms with Crippen LogP contribution in [0.5, 0.6) is 0 Å². The monoisotopic (exact) mass is 379 g/mol. The molecule has 0 radical (unpaired) electrons. The van der Waals surface area contributed by atoms with Gasteiger partial charge in [0.05, 0.1) is 15.9 Å². The van der Waals surface area contributed by atoms with Crippen molar-refractivity contribution < 1.29 is 14.6 Å². The van der Waals surface area contributed by atoms with Gasteiger partial charge in [-0.15, -0.1) is 10.2 Å². The van der Waals surface area contributed by atoms with Crippen LogP contribution in [-0.2, 0) is 6.42 Å². The predicted octanol–water partition coefficient (Wildman–Crippen LogP) is 3.73. The molecule has 26 heavy (non-hydrogen) atoms. The smallest absolute Gasteiger partial charge is 0.289 e. The van der Waals surface area contributed by atoms with Gasteiger partial charge in [-0.05, 0) is 12.5 Å². The van der Waals surface area contributed by atoms with Crippen LogP contribution in [0.15, 0.2) is 18.2 Å². The molecule has 1 aromatic heterocycles. The summed E-state index contributed by atoms with van der Waals surface area (Å²) in [6.45, 7) is 2.12. The number of carbonyl (C=O) groups excluding carboxylic acids is 1. The van der Waals surface area contributed by atoms with Crippen molar-refractivity contribution in [2.24, 2.45) is 0 Å². The lowest BCUT2D eigenvalue weighted by Gasteiger charge is -2.02. The molecule has 0 aliphatic carbocycles. The van der Waals surface area contributed by atoms with E-state index < -0.39 is 27.1 Å². The number of carbonyl (C=O) groups is 1. The molecule has 0 unspecified atom stereocenters. The molecule has 0 saturated carbocycles. The molecule has 0 fully saturated rings. The van der Waals surface area contributed by atoms with Gasteiger partial charge in [-0.3, -0.25) is 30.3 Å². The van der Waals surface area contributed by atoms with Gasteiger partial charge >= 0.3 is 0 Å². The summed E-state index contributed by atoms with van der Waals surface area (Å²) in [6.07, 6.45) is 5.10. The highest BCUT2D eigenvalue weighted by molar-refractivity contribution is 7.15. The molecule has 10 nitrogen and oxygen atoms in total. The van der Waals surface area contributed by atoms with E-state index in [4.69, 9.17) is 0 Å². The third kappa shape index (κ3) is 5.02. The van der Waals surface area contributed by atoms with E-state index in [1.54, 1.807) is 0 Å². The maximum Gasteiger partial charge on any atom is 0.289 e. The molecule has 0 saturated heterocycles. The van der Waals surface area contributed by atoms with Gasteiger partial charge in [0.25, 0.3) is 17.3 Å². The van der Waals surface area contributed by atoms with Crippen molar-refractivity contribution in [3.63, 3.8) is 0 Å². The molecule has 2 aromatic rings. The number of non-ortho nitro benzene ring substituents is 1. The molecule has 11 heteroatoms. The number of hydrogen-bond donors (Lipinski definition) is 1. The average molecular weight is 379 g/mol. The number of rotatable bonds is 9. The quantitative estimate of drug-likeness (QED) is 0.397. The summed E-state index contributed by atoms with van der Waals surface area (Å²) < 4.78 is 0. The van der Waals surface area contributed by atoms with Crippen molar-refractivity contribution >= 4 is 33.8 Å². The highest BCUT2D eigenvalue weighted by Crippen LogP contribution is 2.26. The Labute approximate surface area is 152 Å². The predicted molar refractivity (Wildman–Crippen MR) is 95.5 cm³/mol. The topological polar surface area (TPSA) is 141 Å². The molecule has 138 valence electrons. The number of nitrogens with zero attached hydrogens (tertiary/aromatic N) is 4. The van der Waals surface area contributed by atoms with Crippen molar-refractivity contribution in [2.75, 3.05) is 5.32 Å². The van der Waals surface area contributed by atoms with E-state index in [-0.39, 0.29) is 10.7 Å². The van der Waals surface area contributed by atoms with Crippen molar-refractivity contribution in [1.29, 1.82) is 0 Å². The Balaban J connectivity index is 2.09. The van der Waals surface area contributed by atoms with E-state index in [2.05, 4.69) is 22.4 Å². The van der Waals surface area contributed by atoms with Crippen LogP contribution < -0.4 is 5.32 Å². The van der Waals surface area contributed by atoms with Crippen LogP contribution in [0.4, 0.5) is 16.5 Å². The fraction of sp³-hybridized carbons (Fsp3) is 0.400. The molecular weight excluding hydrogens is 362 g/mol. The van der Waals surface area contributed by atoms with Gasteiger partial charge in [0.1, 0.15) is 10.6 Å². The second kappa shape index (κ2) is 8.94. The van der Waals surface area contributed by atoms with Crippen LogP contribution in [0.25, 0.3) is 0 Å². The van der Waals surface area contributed by atoms with Gasteiger partial charge in [0.2, 0.25) is 5.13 Å². The maximum atomic E-state index is 12.3. The normalized spacial score (nSPS) is 10.5. The number of benzene rings is 1. The van der Waals surface area contributed by atoms with E-state index in [1.165, 1.54) is 11.3 Å². The molecular formula is C15H17N5O5S. The number of aryl methyl sites for hydroxylation is 1. The summed E-state index contributed by atoms with van der Waals surface area (Å²) in [5, 5.41) is 33.2. The lowest BCUT2D eigenvalue weighted by atomic mass is 10.1. The van der Waals surface area contributed by atoms with Crippen LogP contribution >= 0.6 is 11.3 Å². The van der Waals surface area contributed by atoms with Crippen molar-refractivity contribution in [2.45, 2.75) is 39.0 Å². The van der Waals surface area contributed by atoms with E-state index in [9.17, 15) is 25.0 Å². The number of anilines is 1. The molecule has 0 spiro atoms. The molecule has 2 rings (SSSR count). The third-order valence-corrected chi connectivity index (χ3v) is 4.46. The maximum absolute atomic E-state index is 12.3. The second-order valence-electron chi connectivity index (χ2n) is 5.48. The minimum atomic E-state index is -0.832. The molecule has 1 aromatic carbocycles. The highest BCUT2D eigenvalue weighted by Gasteiger charge is 2.24. The van der Waals surface area contributed by atoms with E-state index in [0.717, 1.165) is 55.3 Å². The summed E-state index contributed by atoms with van der Waals surface area (Å²) in [7, 11) is 0. The van der Waals surface area contributed by atoms with Crippen LogP contribution in [-0.4, -0.2) is 26.0 Å². The average Bonchev–Trinajstić information content (AvgIpc) is 3.05. The minimum Gasteiger partial charge on any atom is -0.296 e. The van der Waals surface area contributed by atoms with Crippen molar-refractivity contribution in [3.8, 4) is 0 Å². The van der Waals surface area contributed by atoms with Gasteiger partial charge in [0, 0.05) is 12.5 Å². The van der Waals surface area contributed by atoms with E-state index in [0.29, 0.717) is 0 Å². The molecule has 0 aliphatic heterocycles. The van der Waals surface area contributed by atoms with Gasteiger partial charge in [0.15, 0.2) is 0 Å². The zero-order valence-electron chi connectivity index (χ0n) is 14.0. The molecule has 1 amide bonds. The Morgan fingerprint density at radius 2 is 1.92 bits per heavy atom. The van der Waals surface area contributed by atoms with Gasteiger partial charge < -0.3 is 0 Å². The summed E-state index contributed by atoms with van der Waals surface area (Å²) in [6, 6.07) is 2.85. The standard InChI is InChI=1S/C15H17N5O5S/c1-2-3-4-5-6-13-17-18-15(26-13)16-14(21)11-8-7-10(19(22)23)9-12(11)20(24)25/h7-9H,2-6H2,1H3,(H,16,18,21). The van der Waals surface area contributed by atoms with Crippen molar-refractivity contribution in [1.82, 2.24) is 10.2 Å². The number of nitro groups is 2. The number of unbranched alkanes of at least 4 members (excludes halogenated alkanes) is 3. The second-order valence-corrected chi connectivity index (χ2v) is 6.54.